The fourth-order valence-corrected chi connectivity index (χ4v) is 3.43. The van der Waals surface area contributed by atoms with Crippen molar-refractivity contribution >= 4 is 40.7 Å². The highest BCUT2D eigenvalue weighted by Crippen LogP contribution is 2.33. The Hall–Kier alpha value is -1.44. The lowest BCUT2D eigenvalue weighted by atomic mass is 9.82. The largest absolute Gasteiger partial charge is 0.346 e. The molecule has 1 spiro atoms. The molecule has 1 saturated heterocycles. The molecule has 1 aliphatic heterocycles. The summed E-state index contributed by atoms with van der Waals surface area (Å²) in [6.07, 6.45) is 6.07. The molecule has 6 heteroatoms. The van der Waals surface area contributed by atoms with Crippen LogP contribution in [0.3, 0.4) is 0 Å². The highest BCUT2D eigenvalue weighted by atomic mass is 127. The number of hydrogen-bond donors (Lipinski definition) is 1. The Kier molecular flexibility index (Phi) is 3.97. The molecule has 3 amide bonds. The molecule has 110 valence electrons. The van der Waals surface area contributed by atoms with Crippen LogP contribution in [0.2, 0.25) is 0 Å². The zero-order chi connectivity index (χ0) is 14.9. The van der Waals surface area contributed by atoms with Gasteiger partial charge in [-0.15, -0.1) is 5.01 Å². The fraction of sp³-hybridized carbons (Fsp3) is 0.400. The monoisotopic (exact) mass is 397 g/mol. The first-order valence-electron chi connectivity index (χ1n) is 7.08. The normalized spacial score (nSPS) is 21.3. The second kappa shape index (κ2) is 5.75. The van der Waals surface area contributed by atoms with Crippen molar-refractivity contribution in [3.05, 3.63) is 33.4 Å². The molecule has 0 atom stereocenters. The minimum absolute atomic E-state index is 0.214. The number of halogens is 1. The highest BCUT2D eigenvalue weighted by molar-refractivity contribution is 14.1. The predicted octanol–water partition coefficient (Wildman–Crippen LogP) is 2.88. The quantitative estimate of drug-likeness (QED) is 0.474. The molecule has 0 radical (unpaired) electrons. The van der Waals surface area contributed by atoms with E-state index >= 15 is 0 Å². The van der Waals surface area contributed by atoms with Crippen molar-refractivity contribution in [3.8, 4) is 0 Å². The van der Waals surface area contributed by atoms with Crippen molar-refractivity contribution in [2.45, 2.75) is 37.6 Å². The first kappa shape index (κ1) is 14.5. The molecule has 1 aromatic rings. The summed E-state index contributed by atoms with van der Waals surface area (Å²) < 4.78 is 1.03. The Balaban J connectivity index is 1.81. The predicted molar refractivity (Wildman–Crippen MR) is 87.9 cm³/mol. The number of urea groups is 1. The molecule has 1 aliphatic carbocycles. The molecule has 0 unspecified atom stereocenters. The van der Waals surface area contributed by atoms with Gasteiger partial charge >= 0.3 is 6.03 Å². The molecular weight excluding hydrogens is 381 g/mol. The number of nitrogens with one attached hydrogen (secondary N) is 1. The van der Waals surface area contributed by atoms with Crippen LogP contribution in [0.25, 0.3) is 0 Å². The highest BCUT2D eigenvalue weighted by Gasteiger charge is 2.51. The van der Waals surface area contributed by atoms with E-state index in [4.69, 9.17) is 0 Å². The summed E-state index contributed by atoms with van der Waals surface area (Å²) in [6.45, 7) is 0. The average Bonchev–Trinajstić information content (AvgIpc) is 2.70. The van der Waals surface area contributed by atoms with Crippen molar-refractivity contribution in [1.29, 1.82) is 0 Å². The number of imide groups is 1. The molecule has 2 fully saturated rings. The van der Waals surface area contributed by atoms with Crippen molar-refractivity contribution in [3.63, 3.8) is 0 Å². The summed E-state index contributed by atoms with van der Waals surface area (Å²) in [6, 6.07) is 7.28. The van der Waals surface area contributed by atoms with E-state index in [2.05, 4.69) is 33.0 Å². The van der Waals surface area contributed by atoms with Crippen LogP contribution in [0, 0.1) is 3.57 Å². The maximum Gasteiger partial charge on any atom is 0.346 e. The van der Waals surface area contributed by atoms with Crippen LogP contribution in [-0.4, -0.2) is 28.7 Å². The van der Waals surface area contributed by atoms with Crippen LogP contribution in [0.15, 0.2) is 29.4 Å². The zero-order valence-corrected chi connectivity index (χ0v) is 13.7. The molecule has 1 heterocycles. The van der Waals surface area contributed by atoms with Crippen LogP contribution in [-0.2, 0) is 4.79 Å². The lowest BCUT2D eigenvalue weighted by Gasteiger charge is -2.29. The van der Waals surface area contributed by atoms with Gasteiger partial charge in [0.15, 0.2) is 0 Å². The van der Waals surface area contributed by atoms with E-state index in [1.807, 2.05) is 24.3 Å². The SMILES string of the molecule is O=C1NC2(CCCCC2)C(=O)N1/N=C/c1ccccc1I. The molecule has 0 aromatic heterocycles. The first-order valence-corrected chi connectivity index (χ1v) is 8.15. The van der Waals surface area contributed by atoms with Gasteiger partial charge in [0, 0.05) is 9.13 Å². The van der Waals surface area contributed by atoms with Crippen LogP contribution in [0.4, 0.5) is 4.79 Å². The number of rotatable bonds is 2. The smallest absolute Gasteiger partial charge is 0.321 e. The third-order valence-electron chi connectivity index (χ3n) is 4.06. The van der Waals surface area contributed by atoms with Crippen LogP contribution >= 0.6 is 22.6 Å². The fourth-order valence-electron chi connectivity index (χ4n) is 2.90. The van der Waals surface area contributed by atoms with Gasteiger partial charge in [-0.05, 0) is 41.5 Å². The van der Waals surface area contributed by atoms with E-state index in [0.717, 1.165) is 33.4 Å². The second-order valence-corrected chi connectivity index (χ2v) is 6.62. The Morgan fingerprint density at radius 2 is 1.90 bits per heavy atom. The second-order valence-electron chi connectivity index (χ2n) is 5.46. The number of benzene rings is 1. The summed E-state index contributed by atoms with van der Waals surface area (Å²) in [7, 11) is 0. The van der Waals surface area contributed by atoms with Gasteiger partial charge in [0.25, 0.3) is 5.91 Å². The molecule has 1 aromatic carbocycles. The Morgan fingerprint density at radius 3 is 2.62 bits per heavy atom. The summed E-state index contributed by atoms with van der Waals surface area (Å²) in [5.74, 6) is -0.214. The minimum atomic E-state index is -0.712. The van der Waals surface area contributed by atoms with Crippen molar-refractivity contribution in [2.75, 3.05) is 0 Å². The molecule has 1 saturated carbocycles. The number of amides is 3. The third kappa shape index (κ3) is 2.68. The van der Waals surface area contributed by atoms with Gasteiger partial charge in [0.1, 0.15) is 5.54 Å². The van der Waals surface area contributed by atoms with E-state index in [0.29, 0.717) is 12.8 Å². The van der Waals surface area contributed by atoms with Crippen molar-refractivity contribution < 1.29 is 9.59 Å². The van der Waals surface area contributed by atoms with Gasteiger partial charge < -0.3 is 5.32 Å². The van der Waals surface area contributed by atoms with E-state index < -0.39 is 11.6 Å². The molecule has 5 nitrogen and oxygen atoms in total. The average molecular weight is 397 g/mol. The number of hydrazone groups is 1. The summed E-state index contributed by atoms with van der Waals surface area (Å²) in [4.78, 5) is 24.6. The minimum Gasteiger partial charge on any atom is -0.321 e. The van der Waals surface area contributed by atoms with E-state index in [-0.39, 0.29) is 5.91 Å². The van der Waals surface area contributed by atoms with Gasteiger partial charge in [0.2, 0.25) is 0 Å². The lowest BCUT2D eigenvalue weighted by Crippen LogP contribution is -2.48. The molecule has 0 bridgehead atoms. The standard InChI is InChI=1S/C15H16IN3O2/c16-12-7-3-2-6-11(12)10-17-19-13(20)15(18-14(19)21)8-4-1-5-9-15/h2-3,6-7,10H,1,4-5,8-9H2,(H,18,21)/b17-10+. The van der Waals surface area contributed by atoms with E-state index in [1.165, 1.54) is 0 Å². The zero-order valence-electron chi connectivity index (χ0n) is 11.5. The number of nitrogens with zero attached hydrogens (tertiary/aromatic N) is 2. The Morgan fingerprint density at radius 1 is 1.19 bits per heavy atom. The van der Waals surface area contributed by atoms with Gasteiger partial charge in [-0.3, -0.25) is 4.79 Å². The topological polar surface area (TPSA) is 61.8 Å². The van der Waals surface area contributed by atoms with Gasteiger partial charge in [-0.25, -0.2) is 4.79 Å². The summed E-state index contributed by atoms with van der Waals surface area (Å²) in [5, 5.41) is 7.93. The van der Waals surface area contributed by atoms with Crippen molar-refractivity contribution in [2.24, 2.45) is 5.10 Å². The Bertz CT molecular complexity index is 609. The van der Waals surface area contributed by atoms with Crippen LogP contribution in [0.1, 0.15) is 37.7 Å². The van der Waals surface area contributed by atoms with Gasteiger partial charge in [0.05, 0.1) is 6.21 Å². The van der Waals surface area contributed by atoms with Gasteiger partial charge in [-0.1, -0.05) is 37.5 Å². The molecule has 1 N–H and O–H groups in total. The maximum absolute atomic E-state index is 12.5. The molecule has 21 heavy (non-hydrogen) atoms. The molecule has 2 aliphatic rings. The molecule has 3 rings (SSSR count). The number of carbonyl (C=O) groups is 2. The number of hydrogen-bond acceptors (Lipinski definition) is 3. The van der Waals surface area contributed by atoms with E-state index in [1.54, 1.807) is 6.21 Å². The summed E-state index contributed by atoms with van der Waals surface area (Å²) in [5.41, 5.74) is 0.180. The van der Waals surface area contributed by atoms with Crippen LogP contribution < -0.4 is 5.32 Å². The molecular formula is C15H16IN3O2. The van der Waals surface area contributed by atoms with Crippen molar-refractivity contribution in [1.82, 2.24) is 10.3 Å². The first-order chi connectivity index (χ1) is 10.1. The van der Waals surface area contributed by atoms with Gasteiger partial charge in [-0.2, -0.15) is 5.10 Å². The number of carbonyl (C=O) groups excluding carboxylic acids is 2. The Labute approximate surface area is 136 Å². The maximum atomic E-state index is 12.5. The lowest BCUT2D eigenvalue weighted by molar-refractivity contribution is -0.132. The van der Waals surface area contributed by atoms with E-state index in [9.17, 15) is 9.59 Å². The van der Waals surface area contributed by atoms with Crippen LogP contribution in [0.5, 0.6) is 0 Å². The third-order valence-corrected chi connectivity index (χ3v) is 5.05. The summed E-state index contributed by atoms with van der Waals surface area (Å²) >= 11 is 2.20.